The molecule has 0 fully saturated rings. The average Bonchev–Trinajstić information content (AvgIpc) is 3.63. The Morgan fingerprint density at radius 3 is 2.77 bits per heavy atom. The second kappa shape index (κ2) is 8.81. The zero-order chi connectivity index (χ0) is 23.8. The molecule has 172 valence electrons. The predicted octanol–water partition coefficient (Wildman–Crippen LogP) is 7.02. The molecule has 6 heterocycles. The summed E-state index contributed by atoms with van der Waals surface area (Å²) in [4.78, 5) is 17.0. The van der Waals surface area contributed by atoms with Crippen molar-refractivity contribution in [2.24, 2.45) is 0 Å². The van der Waals surface area contributed by atoms with E-state index >= 15 is 0 Å². The molecule has 6 rings (SSSR count). The summed E-state index contributed by atoms with van der Waals surface area (Å²) in [6.07, 6.45) is 11.2. The zero-order valence-corrected chi connectivity index (χ0v) is 20.0. The molecule has 35 heavy (non-hydrogen) atoms. The number of thiophene rings is 1. The average molecular weight is 478 g/mol. The zero-order valence-electron chi connectivity index (χ0n) is 19.2. The van der Waals surface area contributed by atoms with E-state index in [0.29, 0.717) is 0 Å². The van der Waals surface area contributed by atoms with E-state index in [2.05, 4.69) is 77.9 Å². The molecule has 0 aliphatic heterocycles. The number of pyridine rings is 3. The minimum absolute atomic E-state index is 0.828. The van der Waals surface area contributed by atoms with E-state index < -0.39 is 0 Å². The maximum absolute atomic E-state index is 4.65. The molecule has 0 radical (unpaired) electrons. The monoisotopic (exact) mass is 477 g/mol. The van der Waals surface area contributed by atoms with Crippen molar-refractivity contribution in [2.45, 2.75) is 19.8 Å². The van der Waals surface area contributed by atoms with Crippen LogP contribution in [0.4, 0.5) is 5.69 Å². The van der Waals surface area contributed by atoms with Crippen LogP contribution in [-0.2, 0) is 0 Å². The Bertz CT molecular complexity index is 1660. The summed E-state index contributed by atoms with van der Waals surface area (Å²) in [7, 11) is 0. The van der Waals surface area contributed by atoms with Crippen LogP contribution in [0, 0.1) is 0 Å². The number of nitrogens with zero attached hydrogens (tertiary/aromatic N) is 4. The van der Waals surface area contributed by atoms with Gasteiger partial charge in [-0.25, -0.2) is 0 Å². The highest BCUT2D eigenvalue weighted by Crippen LogP contribution is 2.35. The van der Waals surface area contributed by atoms with Crippen LogP contribution in [0.1, 0.15) is 19.8 Å². The lowest BCUT2D eigenvalue weighted by molar-refractivity contribution is 0.913. The van der Waals surface area contributed by atoms with E-state index in [9.17, 15) is 0 Å². The first-order chi connectivity index (χ1) is 17.2. The van der Waals surface area contributed by atoms with Gasteiger partial charge < -0.3 is 10.3 Å². The Balaban J connectivity index is 1.40. The molecule has 0 bridgehead atoms. The third-order valence-electron chi connectivity index (χ3n) is 5.99. The van der Waals surface area contributed by atoms with Gasteiger partial charge in [-0.05, 0) is 47.0 Å². The molecular weight excluding hydrogens is 454 g/mol. The third-order valence-corrected chi connectivity index (χ3v) is 6.67. The van der Waals surface area contributed by atoms with Gasteiger partial charge in [0.15, 0.2) is 0 Å². The van der Waals surface area contributed by atoms with Crippen molar-refractivity contribution in [3.05, 3.63) is 78.3 Å². The smallest absolute Gasteiger partial charge is 0.116 e. The van der Waals surface area contributed by atoms with Crippen molar-refractivity contribution >= 4 is 38.8 Å². The van der Waals surface area contributed by atoms with Crippen LogP contribution in [0.25, 0.3) is 55.6 Å². The van der Waals surface area contributed by atoms with E-state index in [-0.39, 0.29) is 0 Å². The highest BCUT2D eigenvalue weighted by atomic mass is 32.1. The number of hydrogen-bond donors (Lipinski definition) is 3. The van der Waals surface area contributed by atoms with Crippen molar-refractivity contribution < 1.29 is 0 Å². The number of allylic oxidation sites excluding steroid dienone is 1. The molecule has 0 saturated carbocycles. The van der Waals surface area contributed by atoms with Crippen LogP contribution < -0.4 is 5.32 Å². The molecule has 0 amide bonds. The molecule has 8 heteroatoms. The van der Waals surface area contributed by atoms with Crippen molar-refractivity contribution in [1.82, 2.24) is 30.1 Å². The third kappa shape index (κ3) is 3.98. The Kier molecular flexibility index (Phi) is 5.35. The molecule has 3 N–H and O–H groups in total. The fourth-order valence-corrected chi connectivity index (χ4v) is 4.98. The summed E-state index contributed by atoms with van der Waals surface area (Å²) in [5, 5.41) is 17.4. The molecule has 0 saturated heterocycles. The van der Waals surface area contributed by atoms with Crippen molar-refractivity contribution in [3.8, 4) is 33.8 Å². The topological polar surface area (TPSA) is 95.2 Å². The maximum atomic E-state index is 4.65. The highest BCUT2D eigenvalue weighted by molar-refractivity contribution is 7.08. The standard InChI is InChI=1S/C27H23N7S/c1-3-4-16(2)31-19-7-18(10-28-11-19)23-9-21-26(14-30-23)33-34-27(21)24-8-20-22(17-5-6-35-15-17)12-29-13-25(20)32-24/h5-15,31-32H,2-4H2,1H3,(H,33,34). The molecule has 0 aliphatic rings. The first kappa shape index (κ1) is 21.2. The molecule has 0 unspecified atom stereocenters. The van der Waals surface area contributed by atoms with E-state index in [1.165, 1.54) is 5.56 Å². The van der Waals surface area contributed by atoms with Gasteiger partial charge in [-0.3, -0.25) is 20.1 Å². The molecule has 0 aliphatic carbocycles. The molecule has 0 aromatic carbocycles. The quantitative estimate of drug-likeness (QED) is 0.230. The van der Waals surface area contributed by atoms with E-state index in [1.54, 1.807) is 17.5 Å². The van der Waals surface area contributed by atoms with Crippen LogP contribution in [0.15, 0.2) is 78.3 Å². The molecule has 6 aromatic heterocycles. The van der Waals surface area contributed by atoms with Crippen molar-refractivity contribution in [1.29, 1.82) is 0 Å². The first-order valence-electron chi connectivity index (χ1n) is 11.4. The predicted molar refractivity (Wildman–Crippen MR) is 143 cm³/mol. The van der Waals surface area contributed by atoms with Gasteiger partial charge in [0, 0.05) is 40.0 Å². The number of H-pyrrole nitrogens is 2. The number of rotatable bonds is 7. The Morgan fingerprint density at radius 1 is 1.00 bits per heavy atom. The summed E-state index contributed by atoms with van der Waals surface area (Å²) < 4.78 is 0. The summed E-state index contributed by atoms with van der Waals surface area (Å²) in [5.74, 6) is 0. The normalized spacial score (nSPS) is 11.3. The van der Waals surface area contributed by atoms with Gasteiger partial charge in [0.2, 0.25) is 0 Å². The second-order valence-electron chi connectivity index (χ2n) is 8.47. The first-order valence-corrected chi connectivity index (χ1v) is 12.4. The molecular formula is C27H23N7S. The fraction of sp³-hybridized carbons (Fsp3) is 0.111. The van der Waals surface area contributed by atoms with Crippen LogP contribution in [0.5, 0.6) is 0 Å². The molecule has 0 atom stereocenters. The Labute approximate surface area is 206 Å². The minimum atomic E-state index is 0.828. The van der Waals surface area contributed by atoms with Crippen LogP contribution in [0.3, 0.4) is 0 Å². The fourth-order valence-electron chi connectivity index (χ4n) is 4.32. The van der Waals surface area contributed by atoms with E-state index in [1.807, 2.05) is 30.9 Å². The van der Waals surface area contributed by atoms with Gasteiger partial charge in [-0.1, -0.05) is 19.9 Å². The molecule has 6 aromatic rings. The van der Waals surface area contributed by atoms with Gasteiger partial charge in [0.25, 0.3) is 0 Å². The summed E-state index contributed by atoms with van der Waals surface area (Å²) >= 11 is 1.68. The summed E-state index contributed by atoms with van der Waals surface area (Å²) in [5.41, 5.74) is 9.52. The van der Waals surface area contributed by atoms with Crippen LogP contribution in [0.2, 0.25) is 0 Å². The Hall–Kier alpha value is -4.30. The number of aromatic nitrogens is 6. The number of anilines is 1. The van der Waals surface area contributed by atoms with Gasteiger partial charge in [-0.2, -0.15) is 16.4 Å². The van der Waals surface area contributed by atoms with Crippen molar-refractivity contribution in [2.75, 3.05) is 5.32 Å². The van der Waals surface area contributed by atoms with E-state index in [0.717, 1.165) is 74.2 Å². The largest absolute Gasteiger partial charge is 0.358 e. The minimum Gasteiger partial charge on any atom is -0.358 e. The number of aromatic amines is 2. The van der Waals surface area contributed by atoms with Crippen LogP contribution >= 0.6 is 11.3 Å². The summed E-state index contributed by atoms with van der Waals surface area (Å²) in [6.45, 7) is 6.22. The van der Waals surface area contributed by atoms with Crippen LogP contribution in [-0.4, -0.2) is 30.1 Å². The number of nitrogens with one attached hydrogen (secondary N) is 3. The van der Waals surface area contributed by atoms with E-state index in [4.69, 9.17) is 0 Å². The highest BCUT2D eigenvalue weighted by Gasteiger charge is 2.15. The number of hydrogen-bond acceptors (Lipinski definition) is 6. The SMILES string of the molecule is C=C(CCC)Nc1cncc(-c2cc3c(-c4cc5c(-c6ccsc6)cncc5[nH]4)n[nH]c3cn2)c1. The maximum Gasteiger partial charge on any atom is 0.116 e. The lowest BCUT2D eigenvalue weighted by Gasteiger charge is -2.09. The van der Waals surface area contributed by atoms with Gasteiger partial charge in [0.05, 0.1) is 46.7 Å². The summed E-state index contributed by atoms with van der Waals surface area (Å²) in [6, 6.07) is 8.36. The Morgan fingerprint density at radius 2 is 1.91 bits per heavy atom. The lowest BCUT2D eigenvalue weighted by atomic mass is 10.1. The molecule has 7 nitrogen and oxygen atoms in total. The molecule has 0 spiro atoms. The van der Waals surface area contributed by atoms with Crippen molar-refractivity contribution in [3.63, 3.8) is 0 Å². The second-order valence-corrected chi connectivity index (χ2v) is 9.25. The van der Waals surface area contributed by atoms with Gasteiger partial charge >= 0.3 is 0 Å². The van der Waals surface area contributed by atoms with Gasteiger partial charge in [-0.15, -0.1) is 0 Å². The van der Waals surface area contributed by atoms with Gasteiger partial charge in [0.1, 0.15) is 5.69 Å². The lowest BCUT2D eigenvalue weighted by Crippen LogP contribution is -1.98. The number of fused-ring (bicyclic) bond motifs is 2.